The SMILES string of the molecule is O=C(O)C(NC(=O)C(F)(F)F)C12CCC1C2. The van der Waals surface area contributed by atoms with E-state index >= 15 is 0 Å². The summed E-state index contributed by atoms with van der Waals surface area (Å²) >= 11 is 0. The van der Waals surface area contributed by atoms with Crippen LogP contribution in [0, 0.1) is 11.3 Å². The quantitative estimate of drug-likeness (QED) is 0.767. The molecular formula is C9H10F3NO3. The summed E-state index contributed by atoms with van der Waals surface area (Å²) in [5.41, 5.74) is -0.604. The number of hydrogen-bond donors (Lipinski definition) is 2. The van der Waals surface area contributed by atoms with Crippen LogP contribution in [-0.2, 0) is 9.59 Å². The Hall–Kier alpha value is -1.27. The summed E-state index contributed by atoms with van der Waals surface area (Å²) in [4.78, 5) is 21.5. The number of alkyl halides is 3. The average molecular weight is 237 g/mol. The van der Waals surface area contributed by atoms with Gasteiger partial charge in [-0.25, -0.2) is 4.79 Å². The van der Waals surface area contributed by atoms with E-state index in [0.717, 1.165) is 6.42 Å². The van der Waals surface area contributed by atoms with Crippen molar-refractivity contribution < 1.29 is 27.9 Å². The summed E-state index contributed by atoms with van der Waals surface area (Å²) in [5.74, 6) is -3.39. The minimum Gasteiger partial charge on any atom is -0.480 e. The number of carboxylic acids is 1. The van der Waals surface area contributed by atoms with Gasteiger partial charge < -0.3 is 10.4 Å². The van der Waals surface area contributed by atoms with Crippen LogP contribution in [0.2, 0.25) is 0 Å². The number of amides is 1. The monoisotopic (exact) mass is 237 g/mol. The van der Waals surface area contributed by atoms with Crippen LogP contribution < -0.4 is 5.32 Å². The maximum absolute atomic E-state index is 12.0. The van der Waals surface area contributed by atoms with Gasteiger partial charge >= 0.3 is 18.1 Å². The summed E-state index contributed by atoms with van der Waals surface area (Å²) in [6, 6.07) is -1.40. The normalized spacial score (nSPS) is 33.3. The Morgan fingerprint density at radius 1 is 1.44 bits per heavy atom. The van der Waals surface area contributed by atoms with E-state index in [1.54, 1.807) is 5.32 Å². The van der Waals surface area contributed by atoms with Crippen LogP contribution in [0.3, 0.4) is 0 Å². The van der Waals surface area contributed by atoms with Crippen molar-refractivity contribution in [2.45, 2.75) is 31.5 Å². The zero-order chi connectivity index (χ0) is 12.1. The molecule has 90 valence electrons. The van der Waals surface area contributed by atoms with Crippen molar-refractivity contribution in [1.29, 1.82) is 0 Å². The van der Waals surface area contributed by atoms with E-state index in [2.05, 4.69) is 0 Å². The molecule has 0 aromatic heterocycles. The number of aliphatic carboxylic acids is 1. The first-order valence-electron chi connectivity index (χ1n) is 4.88. The van der Waals surface area contributed by atoms with E-state index < -0.39 is 29.5 Å². The molecule has 0 aromatic carbocycles. The van der Waals surface area contributed by atoms with Crippen molar-refractivity contribution >= 4 is 11.9 Å². The van der Waals surface area contributed by atoms with Crippen molar-refractivity contribution in [2.75, 3.05) is 0 Å². The van der Waals surface area contributed by atoms with E-state index in [4.69, 9.17) is 5.11 Å². The number of hydrogen-bond acceptors (Lipinski definition) is 2. The molecule has 2 saturated carbocycles. The lowest BCUT2D eigenvalue weighted by Gasteiger charge is -2.32. The van der Waals surface area contributed by atoms with Crippen LogP contribution in [0.15, 0.2) is 0 Å². The largest absolute Gasteiger partial charge is 0.480 e. The Morgan fingerprint density at radius 3 is 2.31 bits per heavy atom. The zero-order valence-electron chi connectivity index (χ0n) is 8.17. The Morgan fingerprint density at radius 2 is 2.06 bits per heavy atom. The van der Waals surface area contributed by atoms with Gasteiger partial charge in [-0.1, -0.05) is 0 Å². The van der Waals surface area contributed by atoms with Crippen LogP contribution in [0.4, 0.5) is 13.2 Å². The third kappa shape index (κ3) is 1.54. The fourth-order valence-corrected chi connectivity index (χ4v) is 2.49. The second kappa shape index (κ2) is 3.11. The molecule has 1 amide bonds. The van der Waals surface area contributed by atoms with E-state index in [1.807, 2.05) is 0 Å². The highest BCUT2D eigenvalue weighted by molar-refractivity contribution is 5.87. The van der Waals surface area contributed by atoms with Gasteiger partial charge in [0.25, 0.3) is 0 Å². The van der Waals surface area contributed by atoms with E-state index in [1.165, 1.54) is 0 Å². The van der Waals surface area contributed by atoms with E-state index in [0.29, 0.717) is 12.8 Å². The van der Waals surface area contributed by atoms with Gasteiger partial charge in [0.2, 0.25) is 0 Å². The minimum atomic E-state index is -5.03. The molecule has 0 heterocycles. The number of carboxylic acid groups (broad SMARTS) is 1. The molecular weight excluding hydrogens is 227 g/mol. The van der Waals surface area contributed by atoms with Crippen LogP contribution in [0.5, 0.6) is 0 Å². The standard InChI is InChI=1S/C9H10F3NO3/c10-9(11,12)7(16)13-5(6(14)15)8-2-1-4(8)3-8/h4-5H,1-3H2,(H,13,16)(H,14,15). The number of fused-ring (bicyclic) bond motifs is 1. The van der Waals surface area contributed by atoms with Crippen LogP contribution in [-0.4, -0.2) is 29.2 Å². The molecule has 3 unspecified atom stereocenters. The first kappa shape index (κ1) is 11.2. The molecule has 3 atom stereocenters. The van der Waals surface area contributed by atoms with Gasteiger partial charge in [-0.05, 0) is 25.2 Å². The molecule has 2 aliphatic rings. The number of nitrogens with one attached hydrogen (secondary N) is 1. The molecule has 2 rings (SSSR count). The van der Waals surface area contributed by atoms with Gasteiger partial charge in [0.1, 0.15) is 6.04 Å². The highest BCUT2D eigenvalue weighted by Crippen LogP contribution is 2.69. The lowest BCUT2D eigenvalue weighted by Crippen LogP contribution is -2.53. The van der Waals surface area contributed by atoms with Gasteiger partial charge in [0.05, 0.1) is 0 Å². The van der Waals surface area contributed by atoms with Crippen molar-refractivity contribution in [3.63, 3.8) is 0 Å². The van der Waals surface area contributed by atoms with Gasteiger partial charge in [0.15, 0.2) is 0 Å². The molecule has 2 aliphatic carbocycles. The third-order valence-corrected chi connectivity index (χ3v) is 3.59. The summed E-state index contributed by atoms with van der Waals surface area (Å²) in [6.07, 6.45) is -3.01. The summed E-state index contributed by atoms with van der Waals surface area (Å²) in [6.45, 7) is 0. The molecule has 0 radical (unpaired) electrons. The Bertz CT molecular complexity index is 350. The Labute approximate surface area is 88.8 Å². The van der Waals surface area contributed by atoms with Gasteiger partial charge in [-0.3, -0.25) is 4.79 Å². The van der Waals surface area contributed by atoms with Crippen LogP contribution >= 0.6 is 0 Å². The fraction of sp³-hybridized carbons (Fsp3) is 0.778. The number of rotatable bonds is 3. The summed E-state index contributed by atoms with van der Waals surface area (Å²) in [5, 5.41) is 10.4. The minimum absolute atomic E-state index is 0.169. The van der Waals surface area contributed by atoms with E-state index in [-0.39, 0.29) is 5.92 Å². The number of carbonyl (C=O) groups is 2. The molecule has 4 nitrogen and oxygen atoms in total. The van der Waals surface area contributed by atoms with Crippen molar-refractivity contribution in [2.24, 2.45) is 11.3 Å². The summed E-state index contributed by atoms with van der Waals surface area (Å²) < 4.78 is 36.0. The lowest BCUT2D eigenvalue weighted by atomic mass is 9.78. The van der Waals surface area contributed by atoms with Gasteiger partial charge in [0, 0.05) is 5.41 Å². The van der Waals surface area contributed by atoms with Crippen LogP contribution in [0.25, 0.3) is 0 Å². The second-order valence-electron chi connectivity index (χ2n) is 4.42. The Balaban J connectivity index is 2.05. The first-order valence-corrected chi connectivity index (χ1v) is 4.88. The van der Waals surface area contributed by atoms with Crippen molar-refractivity contribution in [1.82, 2.24) is 5.32 Å². The predicted octanol–water partition coefficient (Wildman–Crippen LogP) is 0.918. The number of halogens is 3. The molecule has 0 spiro atoms. The topological polar surface area (TPSA) is 66.4 Å². The molecule has 0 aliphatic heterocycles. The van der Waals surface area contributed by atoms with Gasteiger partial charge in [-0.15, -0.1) is 0 Å². The predicted molar refractivity (Wildman–Crippen MR) is 45.4 cm³/mol. The zero-order valence-corrected chi connectivity index (χ0v) is 8.17. The number of carbonyl (C=O) groups excluding carboxylic acids is 1. The maximum Gasteiger partial charge on any atom is 0.471 e. The second-order valence-corrected chi connectivity index (χ2v) is 4.42. The molecule has 0 bridgehead atoms. The van der Waals surface area contributed by atoms with Gasteiger partial charge in [-0.2, -0.15) is 13.2 Å². The smallest absolute Gasteiger partial charge is 0.471 e. The lowest BCUT2D eigenvalue weighted by molar-refractivity contribution is -0.176. The van der Waals surface area contributed by atoms with E-state index in [9.17, 15) is 22.8 Å². The molecule has 0 aromatic rings. The Kier molecular flexibility index (Phi) is 2.18. The molecule has 0 saturated heterocycles. The molecule has 2 N–H and O–H groups in total. The highest BCUT2D eigenvalue weighted by Gasteiger charge is 2.67. The molecule has 16 heavy (non-hydrogen) atoms. The first-order chi connectivity index (χ1) is 7.27. The highest BCUT2D eigenvalue weighted by atomic mass is 19.4. The van der Waals surface area contributed by atoms with Crippen molar-refractivity contribution in [3.05, 3.63) is 0 Å². The molecule has 2 fully saturated rings. The fourth-order valence-electron chi connectivity index (χ4n) is 2.49. The average Bonchev–Trinajstić information content (AvgIpc) is 2.63. The van der Waals surface area contributed by atoms with Crippen molar-refractivity contribution in [3.8, 4) is 0 Å². The third-order valence-electron chi connectivity index (χ3n) is 3.59. The maximum atomic E-state index is 12.0. The molecule has 7 heteroatoms. The summed E-state index contributed by atoms with van der Waals surface area (Å²) in [7, 11) is 0. The van der Waals surface area contributed by atoms with Crippen LogP contribution in [0.1, 0.15) is 19.3 Å².